The van der Waals surface area contributed by atoms with Crippen LogP contribution >= 0.6 is 11.6 Å². The van der Waals surface area contributed by atoms with Gasteiger partial charge in [-0.1, -0.05) is 35.9 Å². The van der Waals surface area contributed by atoms with Crippen LogP contribution in [0.4, 0.5) is 5.69 Å². The van der Waals surface area contributed by atoms with Crippen molar-refractivity contribution in [3.05, 3.63) is 87.9 Å². The zero-order valence-electron chi connectivity index (χ0n) is 25.6. The van der Waals surface area contributed by atoms with Gasteiger partial charge in [-0.05, 0) is 117 Å². The first-order valence-corrected chi connectivity index (χ1v) is 15.9. The molecule has 3 aromatic carbocycles. The van der Waals surface area contributed by atoms with E-state index in [1.54, 1.807) is 7.11 Å². The largest absolute Gasteiger partial charge is 0.493 e. The molecule has 1 amide bonds. The van der Waals surface area contributed by atoms with Gasteiger partial charge in [0.1, 0.15) is 0 Å². The molecule has 2 aliphatic heterocycles. The van der Waals surface area contributed by atoms with Crippen LogP contribution in [0.3, 0.4) is 0 Å². The number of rotatable bonds is 7. The van der Waals surface area contributed by atoms with Gasteiger partial charge in [-0.2, -0.15) is 0 Å². The minimum Gasteiger partial charge on any atom is -0.493 e. The van der Waals surface area contributed by atoms with E-state index in [-0.39, 0.29) is 35.8 Å². The van der Waals surface area contributed by atoms with E-state index in [0.29, 0.717) is 28.4 Å². The highest BCUT2D eigenvalue weighted by Crippen LogP contribution is 2.77. The molecule has 1 N–H and O–H groups in total. The lowest BCUT2D eigenvalue weighted by Gasteiger charge is -2.38. The first kappa shape index (κ1) is 28.7. The van der Waals surface area contributed by atoms with Gasteiger partial charge in [-0.3, -0.25) is 4.79 Å². The number of carbonyl (C=O) groups excluding carboxylic acids is 1. The summed E-state index contributed by atoms with van der Waals surface area (Å²) in [6, 6.07) is 19.3. The number of nitrogens with zero attached hydrogens (tertiary/aromatic N) is 2. The van der Waals surface area contributed by atoms with E-state index in [2.05, 4.69) is 11.9 Å². The second-order valence-electron chi connectivity index (χ2n) is 13.6. The van der Waals surface area contributed by atoms with Gasteiger partial charge >= 0.3 is 0 Å². The third-order valence-corrected chi connectivity index (χ3v) is 10.9. The van der Waals surface area contributed by atoms with E-state index in [0.717, 1.165) is 41.0 Å². The van der Waals surface area contributed by atoms with Crippen LogP contribution in [0.15, 0.2) is 60.7 Å². The summed E-state index contributed by atoms with van der Waals surface area (Å²) in [5.41, 5.74) is 3.92. The molecule has 1 saturated heterocycles. The zero-order valence-corrected chi connectivity index (χ0v) is 26.4. The Bertz CT molecular complexity index is 1550. The van der Waals surface area contributed by atoms with Crippen molar-refractivity contribution in [2.24, 2.45) is 23.2 Å². The molecule has 2 aliphatic carbocycles. The standard InChI is InChI=1S/C36H41ClN2O4/c1-21(2)43-31-18-28-23(16-30(31)42-5)17-32(40)39(33(28)22-6-11-26(37)12-7-22)27-13-8-24(9-14-27)35(3,41)34-29-15-10-25-19-38(4)20-36(25,29)34/h6-9,11-14,16,18,21,25,29,33-34,41H,10,15,17,19-20H2,1-5H3/t25-,29-,33+,34?,35?,36?/m1/s1. The molecule has 226 valence electrons. The van der Waals surface area contributed by atoms with Crippen LogP contribution in [0, 0.1) is 23.2 Å². The molecule has 4 aliphatic rings. The van der Waals surface area contributed by atoms with Gasteiger partial charge < -0.3 is 24.4 Å². The number of carbonyl (C=O) groups is 1. The number of methoxy groups -OCH3 is 1. The summed E-state index contributed by atoms with van der Waals surface area (Å²) in [5, 5.41) is 12.7. The van der Waals surface area contributed by atoms with Crippen molar-refractivity contribution in [2.75, 3.05) is 32.1 Å². The summed E-state index contributed by atoms with van der Waals surface area (Å²) in [5.74, 6) is 2.82. The minimum absolute atomic E-state index is 0.000935. The van der Waals surface area contributed by atoms with Crippen molar-refractivity contribution < 1.29 is 19.4 Å². The number of anilines is 1. The number of aliphatic hydroxyl groups is 1. The lowest BCUT2D eigenvalue weighted by molar-refractivity contribution is -0.118. The van der Waals surface area contributed by atoms with Crippen LogP contribution in [0.1, 0.15) is 61.9 Å². The van der Waals surface area contributed by atoms with Crippen molar-refractivity contribution in [2.45, 2.75) is 57.8 Å². The van der Waals surface area contributed by atoms with E-state index in [9.17, 15) is 9.90 Å². The maximum atomic E-state index is 13.9. The highest BCUT2D eigenvalue weighted by molar-refractivity contribution is 6.30. The summed E-state index contributed by atoms with van der Waals surface area (Å²) >= 11 is 6.28. The second-order valence-corrected chi connectivity index (χ2v) is 14.1. The van der Waals surface area contributed by atoms with Crippen LogP contribution in [-0.2, 0) is 16.8 Å². The van der Waals surface area contributed by atoms with Gasteiger partial charge in [0.2, 0.25) is 5.91 Å². The Kier molecular flexibility index (Phi) is 6.84. The van der Waals surface area contributed by atoms with Gasteiger partial charge in [-0.15, -0.1) is 0 Å². The van der Waals surface area contributed by atoms with E-state index < -0.39 is 5.60 Å². The molecule has 1 spiro atoms. The van der Waals surface area contributed by atoms with Crippen molar-refractivity contribution in [1.82, 2.24) is 4.90 Å². The normalized spacial score (nSPS) is 29.2. The van der Waals surface area contributed by atoms with Crippen molar-refractivity contribution in [3.8, 4) is 11.5 Å². The Morgan fingerprint density at radius 2 is 1.77 bits per heavy atom. The molecular weight excluding hydrogens is 560 g/mol. The average molecular weight is 601 g/mol. The molecule has 0 bridgehead atoms. The molecule has 0 aromatic heterocycles. The van der Waals surface area contributed by atoms with Crippen LogP contribution in [0.5, 0.6) is 11.5 Å². The summed E-state index contributed by atoms with van der Waals surface area (Å²) < 4.78 is 11.8. The topological polar surface area (TPSA) is 62.2 Å². The molecule has 0 radical (unpaired) electrons. The fourth-order valence-electron chi connectivity index (χ4n) is 9.08. The molecule has 2 heterocycles. The van der Waals surface area contributed by atoms with Gasteiger partial charge in [0.25, 0.3) is 0 Å². The van der Waals surface area contributed by atoms with Gasteiger partial charge in [0.05, 0.1) is 31.3 Å². The maximum Gasteiger partial charge on any atom is 0.232 e. The maximum absolute atomic E-state index is 13.9. The quantitative estimate of drug-likeness (QED) is 0.331. The summed E-state index contributed by atoms with van der Waals surface area (Å²) in [6.45, 7) is 8.20. The molecule has 3 unspecified atom stereocenters. The fourth-order valence-corrected chi connectivity index (χ4v) is 9.21. The monoisotopic (exact) mass is 600 g/mol. The van der Waals surface area contributed by atoms with E-state index >= 15 is 0 Å². The predicted octanol–water partition coefficient (Wildman–Crippen LogP) is 6.61. The smallest absolute Gasteiger partial charge is 0.232 e. The number of ether oxygens (including phenoxy) is 2. The van der Waals surface area contributed by atoms with E-state index in [4.69, 9.17) is 21.1 Å². The number of amides is 1. The minimum atomic E-state index is -0.916. The van der Waals surface area contributed by atoms with Gasteiger partial charge in [0, 0.05) is 29.7 Å². The molecular formula is C36H41ClN2O4. The Balaban J connectivity index is 1.26. The molecule has 2 saturated carbocycles. The lowest BCUT2D eigenvalue weighted by Crippen LogP contribution is -2.41. The number of fused-ring (bicyclic) bond motifs is 1. The number of benzene rings is 3. The zero-order chi connectivity index (χ0) is 30.3. The highest BCUT2D eigenvalue weighted by Gasteiger charge is 2.77. The Labute approximate surface area is 259 Å². The molecule has 6 nitrogen and oxygen atoms in total. The summed E-state index contributed by atoms with van der Waals surface area (Å²) in [6.07, 6.45) is 2.71. The van der Waals surface area contributed by atoms with Crippen LogP contribution in [0.2, 0.25) is 5.02 Å². The van der Waals surface area contributed by atoms with Crippen LogP contribution in [-0.4, -0.2) is 49.3 Å². The Morgan fingerprint density at radius 3 is 2.44 bits per heavy atom. The third kappa shape index (κ3) is 4.48. The molecule has 7 heteroatoms. The number of halogens is 1. The average Bonchev–Trinajstić information content (AvgIpc) is 3.29. The van der Waals surface area contributed by atoms with E-state index in [1.807, 2.05) is 86.3 Å². The molecule has 3 aromatic rings. The Hall–Kier alpha value is -3.06. The predicted molar refractivity (Wildman–Crippen MR) is 169 cm³/mol. The highest BCUT2D eigenvalue weighted by atomic mass is 35.5. The number of likely N-dealkylation sites (tertiary alicyclic amines) is 1. The van der Waals surface area contributed by atoms with Crippen molar-refractivity contribution in [1.29, 1.82) is 0 Å². The summed E-state index contributed by atoms with van der Waals surface area (Å²) in [4.78, 5) is 18.3. The van der Waals surface area contributed by atoms with Crippen LogP contribution < -0.4 is 14.4 Å². The first-order chi connectivity index (χ1) is 20.5. The molecule has 43 heavy (non-hydrogen) atoms. The Morgan fingerprint density at radius 1 is 1.05 bits per heavy atom. The van der Waals surface area contributed by atoms with Crippen molar-refractivity contribution in [3.63, 3.8) is 0 Å². The van der Waals surface area contributed by atoms with E-state index in [1.165, 1.54) is 12.8 Å². The van der Waals surface area contributed by atoms with Crippen LogP contribution in [0.25, 0.3) is 0 Å². The third-order valence-electron chi connectivity index (χ3n) is 10.7. The molecule has 3 fully saturated rings. The first-order valence-electron chi connectivity index (χ1n) is 15.5. The van der Waals surface area contributed by atoms with Gasteiger partial charge in [0.15, 0.2) is 11.5 Å². The summed E-state index contributed by atoms with van der Waals surface area (Å²) in [7, 11) is 3.83. The lowest BCUT2D eigenvalue weighted by atomic mass is 9.80. The van der Waals surface area contributed by atoms with Crippen molar-refractivity contribution >= 4 is 23.2 Å². The second kappa shape index (κ2) is 10.3. The SMILES string of the molecule is COc1cc2c(cc1OC(C)C)[C@H](c1ccc(Cl)cc1)N(c1ccc(C(C)(O)C3[C@H]4CC[C@@H]5CN(C)CC354)cc1)C(=O)C2. The van der Waals surface area contributed by atoms with Gasteiger partial charge in [-0.25, -0.2) is 0 Å². The number of hydrogen-bond donors (Lipinski definition) is 1. The fraction of sp³-hybridized carbons (Fsp3) is 0.472. The molecule has 7 rings (SSSR count). The molecule has 6 atom stereocenters. The number of hydrogen-bond acceptors (Lipinski definition) is 5.